The van der Waals surface area contributed by atoms with Crippen molar-refractivity contribution in [2.24, 2.45) is 0 Å². The Morgan fingerprint density at radius 3 is 2.48 bits per heavy atom. The molecule has 0 saturated heterocycles. The van der Waals surface area contributed by atoms with Gasteiger partial charge in [-0.2, -0.15) is 9.61 Å². The van der Waals surface area contributed by atoms with E-state index in [2.05, 4.69) is 20.6 Å². The molecule has 0 saturated carbocycles. The van der Waals surface area contributed by atoms with Crippen LogP contribution in [0, 0.1) is 6.92 Å². The molecule has 6 nitrogen and oxygen atoms in total. The van der Waals surface area contributed by atoms with E-state index in [1.54, 1.807) is 16.6 Å². The lowest BCUT2D eigenvalue weighted by atomic mass is 10.1. The fourth-order valence-corrected chi connectivity index (χ4v) is 2.81. The van der Waals surface area contributed by atoms with E-state index in [4.69, 9.17) is 11.6 Å². The van der Waals surface area contributed by atoms with Crippen molar-refractivity contribution < 1.29 is 4.79 Å². The van der Waals surface area contributed by atoms with Crippen LogP contribution in [0.5, 0.6) is 0 Å². The second-order valence-electron chi connectivity index (χ2n) is 6.16. The molecule has 7 heteroatoms. The van der Waals surface area contributed by atoms with E-state index in [0.29, 0.717) is 22.1 Å². The second-order valence-corrected chi connectivity index (χ2v) is 6.60. The van der Waals surface area contributed by atoms with Crippen LogP contribution >= 0.6 is 11.6 Å². The predicted molar refractivity (Wildman–Crippen MR) is 104 cm³/mol. The molecule has 0 aliphatic carbocycles. The van der Waals surface area contributed by atoms with E-state index in [1.807, 2.05) is 55.5 Å². The van der Waals surface area contributed by atoms with Crippen LogP contribution in [0.3, 0.4) is 0 Å². The predicted octanol–water partition coefficient (Wildman–Crippen LogP) is 3.68. The monoisotopic (exact) mass is 377 g/mol. The van der Waals surface area contributed by atoms with Crippen LogP contribution in [0.2, 0.25) is 5.02 Å². The second kappa shape index (κ2) is 7.17. The summed E-state index contributed by atoms with van der Waals surface area (Å²) in [6, 6.07) is 18.6. The number of hydrogen-bond acceptors (Lipinski definition) is 4. The zero-order valence-electron chi connectivity index (χ0n) is 14.6. The van der Waals surface area contributed by atoms with Crippen LogP contribution in [0.15, 0.2) is 60.7 Å². The summed E-state index contributed by atoms with van der Waals surface area (Å²) in [7, 11) is 0. The minimum Gasteiger partial charge on any atom is -0.345 e. The maximum Gasteiger partial charge on any atom is 0.251 e. The lowest BCUT2D eigenvalue weighted by Gasteiger charge is -2.06. The largest absolute Gasteiger partial charge is 0.345 e. The lowest BCUT2D eigenvalue weighted by Crippen LogP contribution is -2.24. The van der Waals surface area contributed by atoms with Gasteiger partial charge in [-0.15, -0.1) is 10.2 Å². The Labute approximate surface area is 160 Å². The number of carbonyl (C=O) groups is 1. The maximum atomic E-state index is 12.3. The van der Waals surface area contributed by atoms with Crippen LogP contribution in [-0.2, 0) is 6.54 Å². The van der Waals surface area contributed by atoms with Crippen molar-refractivity contribution in [1.82, 2.24) is 25.1 Å². The molecule has 134 valence electrons. The van der Waals surface area contributed by atoms with Gasteiger partial charge < -0.3 is 5.32 Å². The van der Waals surface area contributed by atoms with Gasteiger partial charge in [-0.25, -0.2) is 0 Å². The van der Waals surface area contributed by atoms with Crippen molar-refractivity contribution in [2.45, 2.75) is 13.5 Å². The Kier molecular flexibility index (Phi) is 4.56. The summed E-state index contributed by atoms with van der Waals surface area (Å²) in [6.07, 6.45) is 0. The zero-order valence-corrected chi connectivity index (χ0v) is 15.3. The highest BCUT2D eigenvalue weighted by molar-refractivity contribution is 6.30. The Balaban J connectivity index is 1.56. The van der Waals surface area contributed by atoms with Gasteiger partial charge in [0.05, 0.1) is 12.2 Å². The summed E-state index contributed by atoms with van der Waals surface area (Å²) in [6.45, 7) is 2.21. The Morgan fingerprint density at radius 2 is 1.74 bits per heavy atom. The highest BCUT2D eigenvalue weighted by Gasteiger charge is 2.11. The molecule has 1 amide bonds. The van der Waals surface area contributed by atoms with E-state index in [-0.39, 0.29) is 12.5 Å². The van der Waals surface area contributed by atoms with Crippen LogP contribution in [0.25, 0.3) is 16.9 Å². The molecule has 0 unspecified atom stereocenters. The summed E-state index contributed by atoms with van der Waals surface area (Å²) in [5.74, 6) is 0.391. The van der Waals surface area contributed by atoms with Gasteiger partial charge in [-0.05, 0) is 43.3 Å². The molecule has 0 bridgehead atoms. The molecule has 4 rings (SSSR count). The number of carbonyl (C=O) groups excluding carboxylic acids is 1. The summed E-state index contributed by atoms with van der Waals surface area (Å²) in [5.41, 5.74) is 4.03. The van der Waals surface area contributed by atoms with Crippen molar-refractivity contribution in [1.29, 1.82) is 0 Å². The molecule has 0 spiro atoms. The minimum atomic E-state index is -0.166. The van der Waals surface area contributed by atoms with Crippen molar-refractivity contribution in [3.63, 3.8) is 0 Å². The Hall–Kier alpha value is -3.25. The molecule has 0 fully saturated rings. The number of rotatable bonds is 4. The van der Waals surface area contributed by atoms with E-state index in [1.165, 1.54) is 0 Å². The third-order valence-electron chi connectivity index (χ3n) is 4.19. The molecule has 0 aliphatic heterocycles. The van der Waals surface area contributed by atoms with Crippen LogP contribution in [-0.4, -0.2) is 25.7 Å². The van der Waals surface area contributed by atoms with Gasteiger partial charge in [0.25, 0.3) is 5.91 Å². The molecule has 2 heterocycles. The third kappa shape index (κ3) is 3.66. The number of fused-ring (bicyclic) bond motifs is 1. The quantitative estimate of drug-likeness (QED) is 0.588. The van der Waals surface area contributed by atoms with Gasteiger partial charge in [-0.3, -0.25) is 4.79 Å². The van der Waals surface area contributed by atoms with E-state index < -0.39 is 0 Å². The number of aromatic nitrogens is 4. The highest BCUT2D eigenvalue weighted by atomic mass is 35.5. The van der Waals surface area contributed by atoms with E-state index in [9.17, 15) is 4.79 Å². The number of halogens is 1. The highest BCUT2D eigenvalue weighted by Crippen LogP contribution is 2.20. The number of benzene rings is 2. The Morgan fingerprint density at radius 1 is 1.00 bits per heavy atom. The number of nitrogens with one attached hydrogen (secondary N) is 1. The van der Waals surface area contributed by atoms with Crippen molar-refractivity contribution in [3.8, 4) is 11.3 Å². The summed E-state index contributed by atoms with van der Waals surface area (Å²) >= 11 is 5.95. The molecular formula is C20H16ClN5O. The molecule has 0 atom stereocenters. The van der Waals surface area contributed by atoms with E-state index >= 15 is 0 Å². The van der Waals surface area contributed by atoms with Crippen molar-refractivity contribution >= 4 is 23.2 Å². The molecule has 0 radical (unpaired) electrons. The fraction of sp³-hybridized carbons (Fsp3) is 0.100. The number of hydrogen-bond donors (Lipinski definition) is 1. The Bertz CT molecular complexity index is 1100. The zero-order chi connectivity index (χ0) is 18.8. The first-order chi connectivity index (χ1) is 13.1. The number of aryl methyl sites for hydroxylation is 1. The van der Waals surface area contributed by atoms with Crippen LogP contribution in [0.1, 0.15) is 21.7 Å². The first-order valence-electron chi connectivity index (χ1n) is 8.42. The molecule has 4 aromatic rings. The van der Waals surface area contributed by atoms with Gasteiger partial charge in [0.2, 0.25) is 0 Å². The smallest absolute Gasteiger partial charge is 0.251 e. The van der Waals surface area contributed by atoms with Crippen LogP contribution < -0.4 is 5.32 Å². The molecule has 2 aromatic heterocycles. The van der Waals surface area contributed by atoms with Gasteiger partial charge in [-0.1, -0.05) is 41.4 Å². The summed E-state index contributed by atoms with van der Waals surface area (Å²) < 4.78 is 1.64. The normalized spacial score (nSPS) is 10.9. The topological polar surface area (TPSA) is 72.2 Å². The molecular weight excluding hydrogens is 362 g/mol. The fourth-order valence-electron chi connectivity index (χ4n) is 2.68. The summed E-state index contributed by atoms with van der Waals surface area (Å²) in [5, 5.41) is 16.4. The number of nitrogens with zero attached hydrogens (tertiary/aromatic N) is 4. The van der Waals surface area contributed by atoms with Crippen molar-refractivity contribution in [3.05, 3.63) is 82.6 Å². The average Bonchev–Trinajstić information content (AvgIpc) is 3.09. The molecule has 27 heavy (non-hydrogen) atoms. The minimum absolute atomic E-state index is 0.166. The van der Waals surface area contributed by atoms with Gasteiger partial charge in [0.1, 0.15) is 0 Å². The molecule has 2 aromatic carbocycles. The summed E-state index contributed by atoms with van der Waals surface area (Å²) in [4.78, 5) is 12.3. The van der Waals surface area contributed by atoms with Crippen LogP contribution in [0.4, 0.5) is 0 Å². The number of amides is 1. The van der Waals surface area contributed by atoms with Crippen molar-refractivity contribution in [2.75, 3.05) is 0 Å². The van der Waals surface area contributed by atoms with E-state index in [0.717, 1.165) is 16.8 Å². The lowest BCUT2D eigenvalue weighted by molar-refractivity contribution is 0.0949. The maximum absolute atomic E-state index is 12.3. The van der Waals surface area contributed by atoms with Gasteiger partial charge in [0, 0.05) is 16.1 Å². The van der Waals surface area contributed by atoms with Gasteiger partial charge >= 0.3 is 0 Å². The molecule has 1 N–H and O–H groups in total. The first-order valence-corrected chi connectivity index (χ1v) is 8.80. The standard InChI is InChI=1S/C20H16ClN5O/c1-13-2-4-15(5-3-13)20(27)22-12-19-24-23-18-11-10-17(25-26(18)19)14-6-8-16(21)9-7-14/h2-11H,12H2,1H3,(H,22,27). The first kappa shape index (κ1) is 17.2. The average molecular weight is 378 g/mol. The SMILES string of the molecule is Cc1ccc(C(=O)NCc2nnc3ccc(-c4ccc(Cl)cc4)nn23)cc1. The molecule has 0 aliphatic rings. The third-order valence-corrected chi connectivity index (χ3v) is 4.44. The van der Waals surface area contributed by atoms with Gasteiger partial charge in [0.15, 0.2) is 11.5 Å².